The maximum atomic E-state index is 10.6. The van der Waals surface area contributed by atoms with E-state index >= 15 is 0 Å². The lowest BCUT2D eigenvalue weighted by Gasteiger charge is -2.18. The highest BCUT2D eigenvalue weighted by molar-refractivity contribution is 5.80. The summed E-state index contributed by atoms with van der Waals surface area (Å²) in [7, 11) is 0. The maximum Gasteiger partial charge on any atom is 0.167 e. The summed E-state index contributed by atoms with van der Waals surface area (Å²) in [6.07, 6.45) is 2.72. The van der Waals surface area contributed by atoms with Crippen molar-refractivity contribution in [3.05, 3.63) is 42.1 Å². The first-order valence-corrected chi connectivity index (χ1v) is 4.16. The molecule has 1 aromatic carbocycles. The van der Waals surface area contributed by atoms with E-state index in [1.54, 1.807) is 5.01 Å². The summed E-state index contributed by atoms with van der Waals surface area (Å²) in [5.41, 5.74) is 4.74. The Morgan fingerprint density at radius 3 is 2.77 bits per heavy atom. The zero-order chi connectivity index (χ0) is 9.10. The Morgan fingerprint density at radius 2 is 2.08 bits per heavy atom. The van der Waals surface area contributed by atoms with Crippen LogP contribution in [0.2, 0.25) is 0 Å². The van der Waals surface area contributed by atoms with Gasteiger partial charge in [0.1, 0.15) is 0 Å². The summed E-state index contributed by atoms with van der Waals surface area (Å²) in [6.45, 7) is 0.711. The van der Waals surface area contributed by atoms with Gasteiger partial charge in [-0.2, -0.15) is 0 Å². The molecule has 0 bridgehead atoms. The predicted octanol–water partition coefficient (Wildman–Crippen LogP) is 1.09. The minimum Gasteiger partial charge on any atom is -0.296 e. The molecule has 0 amide bonds. The van der Waals surface area contributed by atoms with Gasteiger partial charge in [0.15, 0.2) is 6.29 Å². The quantitative estimate of drug-likeness (QED) is 0.681. The number of allylic oxidation sites excluding steroid dienone is 1. The number of nitrogens with one attached hydrogen (secondary N) is 1. The highest BCUT2D eigenvalue weighted by Crippen LogP contribution is 2.17. The molecule has 0 spiro atoms. The Kier molecular flexibility index (Phi) is 2.10. The van der Waals surface area contributed by atoms with Crippen molar-refractivity contribution >= 4 is 12.0 Å². The molecule has 0 saturated carbocycles. The van der Waals surface area contributed by atoms with Crippen molar-refractivity contribution < 1.29 is 4.79 Å². The second kappa shape index (κ2) is 3.41. The van der Waals surface area contributed by atoms with Crippen molar-refractivity contribution in [2.75, 3.05) is 11.6 Å². The summed E-state index contributed by atoms with van der Waals surface area (Å²) in [5.74, 6) is 0. The molecular formula is C10H10N2O. The molecule has 0 saturated heterocycles. The minimum absolute atomic E-state index is 0.672. The molecule has 1 heterocycles. The van der Waals surface area contributed by atoms with E-state index in [9.17, 15) is 4.79 Å². The molecule has 1 aromatic rings. The van der Waals surface area contributed by atoms with Crippen LogP contribution >= 0.6 is 0 Å². The summed E-state index contributed by atoms with van der Waals surface area (Å²) < 4.78 is 0. The largest absolute Gasteiger partial charge is 0.296 e. The van der Waals surface area contributed by atoms with Crippen molar-refractivity contribution in [3.8, 4) is 0 Å². The molecule has 0 aliphatic carbocycles. The van der Waals surface area contributed by atoms with Gasteiger partial charge in [-0.15, -0.1) is 0 Å². The van der Waals surface area contributed by atoms with E-state index in [-0.39, 0.29) is 0 Å². The first-order valence-electron chi connectivity index (χ1n) is 4.16. The van der Waals surface area contributed by atoms with E-state index in [2.05, 4.69) is 5.43 Å². The number of rotatable bonds is 2. The molecule has 2 rings (SSSR count). The van der Waals surface area contributed by atoms with Gasteiger partial charge < -0.3 is 0 Å². The third kappa shape index (κ3) is 1.46. The van der Waals surface area contributed by atoms with Gasteiger partial charge in [0, 0.05) is 6.54 Å². The van der Waals surface area contributed by atoms with E-state index < -0.39 is 0 Å². The van der Waals surface area contributed by atoms with E-state index in [0.717, 1.165) is 12.0 Å². The topological polar surface area (TPSA) is 32.3 Å². The fourth-order valence-corrected chi connectivity index (χ4v) is 1.34. The predicted molar refractivity (Wildman–Crippen MR) is 51.1 cm³/mol. The van der Waals surface area contributed by atoms with Gasteiger partial charge in [0.05, 0.1) is 11.4 Å². The minimum atomic E-state index is 0.672. The van der Waals surface area contributed by atoms with E-state index in [1.807, 2.05) is 36.4 Å². The average molecular weight is 174 g/mol. The van der Waals surface area contributed by atoms with Crippen LogP contribution in [0.25, 0.3) is 0 Å². The molecule has 0 fully saturated rings. The molecule has 1 aliphatic heterocycles. The smallest absolute Gasteiger partial charge is 0.167 e. The highest BCUT2D eigenvalue weighted by atomic mass is 16.1. The molecule has 0 unspecified atom stereocenters. The third-order valence-corrected chi connectivity index (χ3v) is 1.95. The highest BCUT2D eigenvalue weighted by Gasteiger charge is 2.14. The number of carbonyl (C=O) groups excluding carboxylic acids is 1. The standard InChI is InChI=1S/C10H10N2O/c13-8-10-6-7-11-12(10)9-4-2-1-3-5-9/h1-6,8,11H,7H2. The second-order valence-electron chi connectivity index (χ2n) is 2.78. The molecule has 1 aliphatic rings. The van der Waals surface area contributed by atoms with E-state index in [1.165, 1.54) is 0 Å². The summed E-state index contributed by atoms with van der Waals surface area (Å²) >= 11 is 0. The van der Waals surface area contributed by atoms with Crippen LogP contribution in [0.3, 0.4) is 0 Å². The second-order valence-corrected chi connectivity index (χ2v) is 2.78. The molecule has 66 valence electrons. The van der Waals surface area contributed by atoms with Crippen molar-refractivity contribution in [1.82, 2.24) is 5.43 Å². The van der Waals surface area contributed by atoms with Crippen LogP contribution in [0, 0.1) is 0 Å². The van der Waals surface area contributed by atoms with Crippen molar-refractivity contribution in [3.63, 3.8) is 0 Å². The van der Waals surface area contributed by atoms with Crippen LogP contribution in [0.4, 0.5) is 5.69 Å². The molecule has 0 atom stereocenters. The van der Waals surface area contributed by atoms with Gasteiger partial charge in [-0.3, -0.25) is 9.80 Å². The lowest BCUT2D eigenvalue weighted by atomic mass is 10.3. The third-order valence-electron chi connectivity index (χ3n) is 1.95. The lowest BCUT2D eigenvalue weighted by Crippen LogP contribution is -2.32. The summed E-state index contributed by atoms with van der Waals surface area (Å²) in [6, 6.07) is 9.74. The Balaban J connectivity index is 2.28. The fraction of sp³-hybridized carbons (Fsp3) is 0.100. The maximum absolute atomic E-state index is 10.6. The van der Waals surface area contributed by atoms with Gasteiger partial charge in [-0.25, -0.2) is 5.43 Å². The fourth-order valence-electron chi connectivity index (χ4n) is 1.34. The number of hydrazine groups is 1. The zero-order valence-corrected chi connectivity index (χ0v) is 7.10. The lowest BCUT2D eigenvalue weighted by molar-refractivity contribution is -0.105. The number of para-hydroxylation sites is 1. The van der Waals surface area contributed by atoms with Crippen LogP contribution in [-0.2, 0) is 4.79 Å². The van der Waals surface area contributed by atoms with E-state index in [0.29, 0.717) is 12.2 Å². The Hall–Kier alpha value is -1.61. The molecule has 3 heteroatoms. The van der Waals surface area contributed by atoms with Crippen molar-refractivity contribution in [1.29, 1.82) is 0 Å². The summed E-state index contributed by atoms with van der Waals surface area (Å²) in [5, 5.41) is 1.78. The van der Waals surface area contributed by atoms with Crippen LogP contribution in [0.5, 0.6) is 0 Å². The molecule has 0 aromatic heterocycles. The van der Waals surface area contributed by atoms with Gasteiger partial charge >= 0.3 is 0 Å². The Morgan fingerprint density at radius 1 is 1.31 bits per heavy atom. The van der Waals surface area contributed by atoms with Crippen molar-refractivity contribution in [2.45, 2.75) is 0 Å². The molecule has 13 heavy (non-hydrogen) atoms. The van der Waals surface area contributed by atoms with Crippen LogP contribution in [0.1, 0.15) is 0 Å². The van der Waals surface area contributed by atoms with Crippen LogP contribution in [-0.4, -0.2) is 12.8 Å². The van der Waals surface area contributed by atoms with Gasteiger partial charge in [-0.1, -0.05) is 18.2 Å². The number of anilines is 1. The van der Waals surface area contributed by atoms with Gasteiger partial charge in [-0.05, 0) is 18.2 Å². The average Bonchev–Trinajstić information content (AvgIpc) is 2.67. The molecule has 3 nitrogen and oxygen atoms in total. The summed E-state index contributed by atoms with van der Waals surface area (Å²) in [4.78, 5) is 10.6. The zero-order valence-electron chi connectivity index (χ0n) is 7.10. The SMILES string of the molecule is O=CC1=CCNN1c1ccccc1. The van der Waals surface area contributed by atoms with Gasteiger partial charge in [0.25, 0.3) is 0 Å². The number of nitrogens with zero attached hydrogens (tertiary/aromatic N) is 1. The van der Waals surface area contributed by atoms with Crippen LogP contribution < -0.4 is 10.4 Å². The normalized spacial score (nSPS) is 15.7. The number of benzene rings is 1. The number of carbonyl (C=O) groups is 1. The van der Waals surface area contributed by atoms with Crippen LogP contribution in [0.15, 0.2) is 42.1 Å². The molecular weight excluding hydrogens is 164 g/mol. The number of hydrogen-bond acceptors (Lipinski definition) is 3. The first kappa shape index (κ1) is 8.01. The molecule has 0 radical (unpaired) electrons. The monoisotopic (exact) mass is 174 g/mol. The number of hydrogen-bond donors (Lipinski definition) is 1. The first-order chi connectivity index (χ1) is 6.42. The number of aldehydes is 1. The van der Waals surface area contributed by atoms with E-state index in [4.69, 9.17) is 0 Å². The Bertz CT molecular complexity index is 332. The Labute approximate surface area is 76.6 Å². The van der Waals surface area contributed by atoms with Gasteiger partial charge in [0.2, 0.25) is 0 Å². The molecule has 1 N–H and O–H groups in total. The van der Waals surface area contributed by atoms with Crippen molar-refractivity contribution in [2.24, 2.45) is 0 Å².